The molecule has 0 saturated heterocycles. The maximum atomic E-state index is 8.68. The van der Waals surface area contributed by atoms with E-state index in [-0.39, 0.29) is 25.8 Å². The van der Waals surface area contributed by atoms with Gasteiger partial charge in [-0.05, 0) is 0 Å². The Kier molecular flexibility index (Phi) is 21.2. The van der Waals surface area contributed by atoms with E-state index in [1.165, 1.54) is 13.2 Å². The van der Waals surface area contributed by atoms with E-state index in [1.54, 1.807) is 0 Å². The van der Waals surface area contributed by atoms with E-state index in [4.69, 9.17) is 4.79 Å². The molecule has 0 bridgehead atoms. The second-order valence-corrected chi connectivity index (χ2v) is 0.204. The smallest absolute Gasteiger partial charge is 0.195 e. The molecule has 0 amide bonds. The van der Waals surface area contributed by atoms with Crippen molar-refractivity contribution in [2.45, 2.75) is 6.92 Å². The molecule has 0 rings (SSSR count). The molecule has 0 aliphatic heterocycles. The molecule has 2 heteroatoms. The van der Waals surface area contributed by atoms with Gasteiger partial charge in [-0.2, -0.15) is 0 Å². The van der Waals surface area contributed by atoms with Crippen LogP contribution in [0.5, 0.6) is 0 Å². The van der Waals surface area contributed by atoms with Crippen LogP contribution in [0.4, 0.5) is 0 Å². The Labute approximate surface area is 44.2 Å². The van der Waals surface area contributed by atoms with Crippen molar-refractivity contribution in [3.05, 3.63) is 0 Å². The van der Waals surface area contributed by atoms with Gasteiger partial charge in [0, 0.05) is 32.8 Å². The molecule has 0 saturated carbocycles. The molecule has 0 unspecified atom stereocenters. The second-order valence-electron chi connectivity index (χ2n) is 0.204. The van der Waals surface area contributed by atoms with Crippen molar-refractivity contribution < 1.29 is 30.6 Å². The Morgan fingerprint density at radius 3 is 1.75 bits per heavy atom. The van der Waals surface area contributed by atoms with Crippen molar-refractivity contribution in [2.24, 2.45) is 0 Å². The van der Waals surface area contributed by atoms with Gasteiger partial charge >= 0.3 is 0 Å². The Balaban J connectivity index is 0. The third-order valence-electron chi connectivity index (χ3n) is 0. The van der Waals surface area contributed by atoms with E-state index in [0.717, 1.165) is 0 Å². The predicted octanol–water partition coefficient (Wildman–Crippen LogP) is 0.113. The monoisotopic (exact) mass is 223 g/mol. The molecule has 0 N–H and O–H groups in total. The van der Waals surface area contributed by atoms with Crippen LogP contribution in [-0.2, 0) is 30.6 Å². The van der Waals surface area contributed by atoms with Gasteiger partial charge in [0.25, 0.3) is 0 Å². The van der Waals surface area contributed by atoms with Crippen LogP contribution >= 0.6 is 0 Å². The molecule has 0 aliphatic rings. The van der Waals surface area contributed by atoms with E-state index < -0.39 is 0 Å². The van der Waals surface area contributed by atoms with E-state index in [9.17, 15) is 0 Å². The minimum atomic E-state index is 0. The maximum Gasteiger partial charge on any atom is 0.195 e. The summed E-state index contributed by atoms with van der Waals surface area (Å²) in [5.41, 5.74) is 0. The van der Waals surface area contributed by atoms with Gasteiger partial charge in [0.1, 0.15) is 0 Å². The molecular weight excluding hydrogens is 219 g/mol. The Hall–Kier alpha value is 0.540. The van der Waals surface area contributed by atoms with E-state index in [0.29, 0.717) is 0 Å². The van der Waals surface area contributed by atoms with E-state index in [1.807, 2.05) is 0 Å². The molecule has 0 spiro atoms. The summed E-state index contributed by atoms with van der Waals surface area (Å²) in [6.07, 6.45) is 1.50. The summed E-state index contributed by atoms with van der Waals surface area (Å²) in [6, 6.07) is 0. The van der Waals surface area contributed by atoms with Gasteiger partial charge in [0.05, 0.1) is 0 Å². The third kappa shape index (κ3) is 20.7. The van der Waals surface area contributed by atoms with Crippen LogP contribution in [0.2, 0.25) is 0 Å². The fraction of sp³-hybridized carbons (Fsp3) is 0.500. The maximum absolute atomic E-state index is 8.68. The van der Waals surface area contributed by atoms with Crippen LogP contribution in [-0.4, -0.2) is 6.29 Å². The average molecular weight is 222 g/mol. The molecule has 0 aromatic carbocycles. The zero-order valence-electron chi connectivity index (χ0n) is 2.41. The normalized spacial score (nSPS) is 3.25. The van der Waals surface area contributed by atoms with Gasteiger partial charge in [-0.3, -0.25) is 4.79 Å². The molecule has 0 aliphatic carbocycles. The summed E-state index contributed by atoms with van der Waals surface area (Å²) in [5.74, 6) is 0. The van der Waals surface area contributed by atoms with Crippen molar-refractivity contribution in [3.8, 4) is 0 Å². The number of hydrogen-bond donors (Lipinski definition) is 0. The SMILES string of the molecule is C[C]=O.[Hf]. The zero-order chi connectivity index (χ0) is 2.71. The van der Waals surface area contributed by atoms with Crippen LogP contribution in [0.3, 0.4) is 0 Å². The molecular formula is C2H3HfO. The molecule has 0 aromatic rings. The van der Waals surface area contributed by atoms with Gasteiger partial charge in [0.15, 0.2) is 6.29 Å². The van der Waals surface area contributed by atoms with Gasteiger partial charge in [-0.15, -0.1) is 0 Å². The Morgan fingerprint density at radius 1 is 1.75 bits per heavy atom. The first kappa shape index (κ1) is 8.82. The minimum Gasteiger partial charge on any atom is -0.291 e. The molecule has 4 heavy (non-hydrogen) atoms. The van der Waals surface area contributed by atoms with Crippen molar-refractivity contribution in [1.29, 1.82) is 0 Å². The first-order valence-electron chi connectivity index (χ1n) is 0.704. The number of carbonyl (C=O) groups excluding carboxylic acids is 1. The Morgan fingerprint density at radius 2 is 1.75 bits per heavy atom. The van der Waals surface area contributed by atoms with E-state index >= 15 is 0 Å². The van der Waals surface area contributed by atoms with Gasteiger partial charge in [-0.1, -0.05) is 0 Å². The fourth-order valence-corrected chi connectivity index (χ4v) is 0. The van der Waals surface area contributed by atoms with Crippen LogP contribution in [0, 0.1) is 0 Å². The van der Waals surface area contributed by atoms with Gasteiger partial charge in [0.2, 0.25) is 0 Å². The number of hydrogen-bond acceptors (Lipinski definition) is 1. The molecule has 0 atom stereocenters. The second kappa shape index (κ2) is 9.63. The van der Waals surface area contributed by atoms with Crippen LogP contribution in [0.1, 0.15) is 6.92 Å². The Bertz CT molecular complexity index is 13.5. The summed E-state index contributed by atoms with van der Waals surface area (Å²) < 4.78 is 0. The summed E-state index contributed by atoms with van der Waals surface area (Å²) in [7, 11) is 0. The summed E-state index contributed by atoms with van der Waals surface area (Å²) in [5, 5.41) is 0. The van der Waals surface area contributed by atoms with Crippen LogP contribution < -0.4 is 0 Å². The number of rotatable bonds is 0. The van der Waals surface area contributed by atoms with Gasteiger partial charge < -0.3 is 0 Å². The summed E-state index contributed by atoms with van der Waals surface area (Å²) in [6.45, 7) is 1.32. The van der Waals surface area contributed by atoms with Crippen molar-refractivity contribution in [2.75, 3.05) is 0 Å². The van der Waals surface area contributed by atoms with Crippen molar-refractivity contribution >= 4 is 6.29 Å². The predicted molar refractivity (Wildman–Crippen MR) is 11.4 cm³/mol. The fourth-order valence-electron chi connectivity index (χ4n) is 0. The van der Waals surface area contributed by atoms with E-state index in [2.05, 4.69) is 0 Å². The summed E-state index contributed by atoms with van der Waals surface area (Å²) >= 11 is 0. The molecule has 1 nitrogen and oxygen atoms in total. The largest absolute Gasteiger partial charge is 0.291 e. The topological polar surface area (TPSA) is 17.1 Å². The third-order valence-corrected chi connectivity index (χ3v) is 0. The molecule has 0 heterocycles. The molecule has 1 radical (unpaired) electrons. The quantitative estimate of drug-likeness (QED) is 0.531. The zero-order valence-corrected chi connectivity index (χ0v) is 6.00. The van der Waals surface area contributed by atoms with Gasteiger partial charge in [-0.25, -0.2) is 0 Å². The first-order chi connectivity index (χ1) is 1.41. The average Bonchev–Trinajstić information content (AvgIpc) is 0.918. The van der Waals surface area contributed by atoms with Crippen LogP contribution in [0.15, 0.2) is 0 Å². The molecule has 0 aromatic heterocycles. The van der Waals surface area contributed by atoms with Crippen LogP contribution in [0.25, 0.3) is 0 Å². The van der Waals surface area contributed by atoms with Crippen molar-refractivity contribution in [3.63, 3.8) is 0 Å². The van der Waals surface area contributed by atoms with Crippen molar-refractivity contribution in [1.82, 2.24) is 0 Å². The molecule has 21 valence electrons. The molecule has 0 fully saturated rings. The first-order valence-corrected chi connectivity index (χ1v) is 0.704. The standard InChI is InChI=1S/C2H3O.Hf/c1-2-3;/h1H3;. The summed E-state index contributed by atoms with van der Waals surface area (Å²) in [4.78, 5) is 8.68. The minimum absolute atomic E-state index is 0.